The number of fused-ring (bicyclic) bond motifs is 1. The van der Waals surface area contributed by atoms with Crippen LogP contribution in [0.3, 0.4) is 0 Å². The Balaban J connectivity index is 0.00000240. The molecule has 1 saturated heterocycles. The molecule has 1 amide bonds. The van der Waals surface area contributed by atoms with Crippen LogP contribution >= 0.6 is 12.4 Å². The van der Waals surface area contributed by atoms with E-state index in [4.69, 9.17) is 4.74 Å². The van der Waals surface area contributed by atoms with Crippen molar-refractivity contribution < 1.29 is 13.9 Å². The summed E-state index contributed by atoms with van der Waals surface area (Å²) in [6.07, 6.45) is 8.39. The number of alkyl halides is 1. The molecule has 2 aromatic rings. The lowest BCUT2D eigenvalue weighted by molar-refractivity contribution is 0.0694. The first-order chi connectivity index (χ1) is 13.7. The highest BCUT2D eigenvalue weighted by molar-refractivity contribution is 6.08. The van der Waals surface area contributed by atoms with Crippen LogP contribution in [0.15, 0.2) is 24.4 Å². The van der Waals surface area contributed by atoms with Gasteiger partial charge >= 0.3 is 0 Å². The topological polar surface area (TPSA) is 46.5 Å². The summed E-state index contributed by atoms with van der Waals surface area (Å²) >= 11 is 0. The molecule has 1 aromatic heterocycles. The lowest BCUT2D eigenvalue weighted by atomic mass is 9.89. The van der Waals surface area contributed by atoms with Gasteiger partial charge in [-0.1, -0.05) is 31.4 Å². The van der Waals surface area contributed by atoms with Gasteiger partial charge in [0.1, 0.15) is 12.4 Å². The zero-order valence-corrected chi connectivity index (χ0v) is 17.8. The first-order valence-electron chi connectivity index (χ1n) is 10.5. The Morgan fingerprint density at radius 2 is 2.07 bits per heavy atom. The first-order valence-corrected chi connectivity index (χ1v) is 10.5. The number of para-hydroxylation sites is 1. The van der Waals surface area contributed by atoms with Crippen LogP contribution < -0.4 is 10.1 Å². The Morgan fingerprint density at radius 3 is 2.79 bits per heavy atom. The van der Waals surface area contributed by atoms with E-state index in [1.54, 1.807) is 12.0 Å². The minimum atomic E-state index is -0.457. The van der Waals surface area contributed by atoms with Gasteiger partial charge in [-0.2, -0.15) is 0 Å². The SMILES string of the molecule is COc1cccc2c(C(=O)N3CCNC(CF)C3)cn(CC3CCCCC3)c12.Cl. The van der Waals surface area contributed by atoms with Crippen molar-refractivity contribution >= 4 is 29.2 Å². The van der Waals surface area contributed by atoms with Crippen LogP contribution in [0, 0.1) is 5.92 Å². The molecule has 4 rings (SSSR count). The highest BCUT2D eigenvalue weighted by Crippen LogP contribution is 2.33. The highest BCUT2D eigenvalue weighted by Gasteiger charge is 2.27. The van der Waals surface area contributed by atoms with Crippen molar-refractivity contribution in [3.05, 3.63) is 30.0 Å². The number of carbonyl (C=O) groups is 1. The van der Waals surface area contributed by atoms with E-state index in [0.717, 1.165) is 23.2 Å². The predicted molar refractivity (Wildman–Crippen MR) is 116 cm³/mol. The maximum atomic E-state index is 13.3. The third-order valence-corrected chi connectivity index (χ3v) is 6.22. The van der Waals surface area contributed by atoms with Gasteiger partial charge in [0.2, 0.25) is 0 Å². The average molecular weight is 424 g/mol. The molecule has 2 fully saturated rings. The molecule has 2 aliphatic rings. The maximum absolute atomic E-state index is 13.3. The number of methoxy groups -OCH3 is 1. The normalized spacial score (nSPS) is 20.5. The number of aromatic nitrogens is 1. The molecule has 0 bridgehead atoms. The summed E-state index contributed by atoms with van der Waals surface area (Å²) in [5.74, 6) is 1.43. The molecule has 29 heavy (non-hydrogen) atoms. The van der Waals surface area contributed by atoms with Crippen molar-refractivity contribution in [3.63, 3.8) is 0 Å². The Bertz CT molecular complexity index is 835. The summed E-state index contributed by atoms with van der Waals surface area (Å²) in [6.45, 7) is 2.10. The van der Waals surface area contributed by atoms with Gasteiger partial charge in [0.15, 0.2) is 0 Å². The standard InChI is InChI=1S/C22H30FN3O2.ClH/c1-28-20-9-5-8-18-19(22(27)25-11-10-24-17(12-23)14-25)15-26(21(18)20)13-16-6-3-2-4-7-16;/h5,8-9,15-17,24H,2-4,6-7,10-14H2,1H3;1H. The summed E-state index contributed by atoms with van der Waals surface area (Å²) in [5, 5.41) is 4.05. The van der Waals surface area contributed by atoms with Gasteiger partial charge in [-0.25, -0.2) is 4.39 Å². The second-order valence-corrected chi connectivity index (χ2v) is 8.11. The molecule has 1 unspecified atom stereocenters. The lowest BCUT2D eigenvalue weighted by Crippen LogP contribution is -2.53. The fourth-order valence-electron chi connectivity index (χ4n) is 4.74. The Labute approximate surface area is 178 Å². The second kappa shape index (κ2) is 9.81. The highest BCUT2D eigenvalue weighted by atomic mass is 35.5. The summed E-state index contributed by atoms with van der Waals surface area (Å²) in [4.78, 5) is 15.1. The third kappa shape index (κ3) is 4.53. The van der Waals surface area contributed by atoms with E-state index in [-0.39, 0.29) is 24.4 Å². The van der Waals surface area contributed by atoms with Gasteiger partial charge in [-0.15, -0.1) is 12.4 Å². The van der Waals surface area contributed by atoms with Crippen LogP contribution in [0.25, 0.3) is 10.9 Å². The second-order valence-electron chi connectivity index (χ2n) is 8.11. The summed E-state index contributed by atoms with van der Waals surface area (Å²) in [5.41, 5.74) is 1.69. The Hall–Kier alpha value is -1.79. The molecule has 1 aliphatic heterocycles. The molecular formula is C22H31ClFN3O2. The molecule has 7 heteroatoms. The number of ether oxygens (including phenoxy) is 1. The number of carbonyl (C=O) groups excluding carboxylic acids is 1. The van der Waals surface area contributed by atoms with Crippen LogP contribution in [-0.4, -0.2) is 54.8 Å². The van der Waals surface area contributed by atoms with Crippen molar-refractivity contribution in [1.29, 1.82) is 0 Å². The molecule has 0 radical (unpaired) electrons. The van der Waals surface area contributed by atoms with E-state index in [1.165, 1.54) is 32.1 Å². The first kappa shape index (κ1) is 21.9. The molecule has 1 atom stereocenters. The smallest absolute Gasteiger partial charge is 0.256 e. The number of halogens is 2. The molecule has 0 spiro atoms. The number of amides is 1. The van der Waals surface area contributed by atoms with E-state index < -0.39 is 6.67 Å². The quantitative estimate of drug-likeness (QED) is 0.789. The number of rotatable bonds is 5. The van der Waals surface area contributed by atoms with E-state index in [2.05, 4.69) is 9.88 Å². The minimum Gasteiger partial charge on any atom is -0.495 e. The van der Waals surface area contributed by atoms with Crippen LogP contribution in [0.2, 0.25) is 0 Å². The van der Waals surface area contributed by atoms with Crippen molar-refractivity contribution in [3.8, 4) is 5.75 Å². The average Bonchev–Trinajstić information content (AvgIpc) is 3.12. The summed E-state index contributed by atoms with van der Waals surface area (Å²) in [6, 6.07) is 5.61. The van der Waals surface area contributed by atoms with Crippen molar-refractivity contribution in [2.75, 3.05) is 33.4 Å². The van der Waals surface area contributed by atoms with Crippen LogP contribution in [0.1, 0.15) is 42.5 Å². The van der Waals surface area contributed by atoms with Gasteiger partial charge in [0.05, 0.1) is 24.2 Å². The maximum Gasteiger partial charge on any atom is 0.256 e. The molecule has 1 aliphatic carbocycles. The molecule has 160 valence electrons. The Morgan fingerprint density at radius 1 is 1.28 bits per heavy atom. The van der Waals surface area contributed by atoms with Crippen molar-refractivity contribution in [2.45, 2.75) is 44.7 Å². The van der Waals surface area contributed by atoms with Gasteiger partial charge in [-0.3, -0.25) is 4.79 Å². The van der Waals surface area contributed by atoms with E-state index in [0.29, 0.717) is 31.1 Å². The number of hydrogen-bond donors (Lipinski definition) is 1. The van der Waals surface area contributed by atoms with Gasteiger partial charge in [0, 0.05) is 37.8 Å². The zero-order chi connectivity index (χ0) is 19.5. The summed E-state index contributed by atoms with van der Waals surface area (Å²) in [7, 11) is 1.68. The monoisotopic (exact) mass is 423 g/mol. The van der Waals surface area contributed by atoms with E-state index >= 15 is 0 Å². The number of piperazine rings is 1. The summed E-state index contributed by atoms with van der Waals surface area (Å²) < 4.78 is 21.0. The number of benzene rings is 1. The van der Waals surface area contributed by atoms with Gasteiger partial charge in [0.25, 0.3) is 5.91 Å². The third-order valence-electron chi connectivity index (χ3n) is 6.22. The molecule has 1 saturated carbocycles. The predicted octanol–water partition coefficient (Wildman–Crippen LogP) is 4.04. The molecule has 1 N–H and O–H groups in total. The number of nitrogens with one attached hydrogen (secondary N) is 1. The number of hydrogen-bond acceptors (Lipinski definition) is 3. The van der Waals surface area contributed by atoms with Crippen LogP contribution in [0.5, 0.6) is 5.75 Å². The lowest BCUT2D eigenvalue weighted by Gasteiger charge is -2.32. The van der Waals surface area contributed by atoms with E-state index in [9.17, 15) is 9.18 Å². The molecule has 2 heterocycles. The van der Waals surface area contributed by atoms with Crippen LogP contribution in [-0.2, 0) is 6.54 Å². The molecule has 5 nitrogen and oxygen atoms in total. The van der Waals surface area contributed by atoms with Crippen molar-refractivity contribution in [1.82, 2.24) is 14.8 Å². The van der Waals surface area contributed by atoms with Gasteiger partial charge in [-0.05, 0) is 24.8 Å². The fourth-order valence-corrected chi connectivity index (χ4v) is 4.74. The van der Waals surface area contributed by atoms with Crippen molar-refractivity contribution in [2.24, 2.45) is 5.92 Å². The molecular weight excluding hydrogens is 393 g/mol. The minimum absolute atomic E-state index is 0. The zero-order valence-electron chi connectivity index (χ0n) is 17.0. The van der Waals surface area contributed by atoms with Gasteiger partial charge < -0.3 is 19.5 Å². The molecule has 1 aromatic carbocycles. The Kier molecular flexibility index (Phi) is 7.41. The van der Waals surface area contributed by atoms with Crippen LogP contribution in [0.4, 0.5) is 4.39 Å². The largest absolute Gasteiger partial charge is 0.495 e. The number of nitrogens with zero attached hydrogens (tertiary/aromatic N) is 2. The fraction of sp³-hybridized carbons (Fsp3) is 0.591. The van der Waals surface area contributed by atoms with E-state index in [1.807, 2.05) is 24.4 Å².